The van der Waals surface area contributed by atoms with Crippen LogP contribution in [0.4, 0.5) is 4.39 Å². The minimum Gasteiger partial charge on any atom is -0.391 e. The molecule has 0 saturated heterocycles. The lowest BCUT2D eigenvalue weighted by Crippen LogP contribution is -2.42. The predicted molar refractivity (Wildman–Crippen MR) is 74.6 cm³/mol. The van der Waals surface area contributed by atoms with Crippen LogP contribution < -0.4 is 4.72 Å². The van der Waals surface area contributed by atoms with Crippen LogP contribution in [0.1, 0.15) is 32.1 Å². The van der Waals surface area contributed by atoms with E-state index in [1.165, 1.54) is 0 Å². The minimum atomic E-state index is -3.81. The summed E-state index contributed by atoms with van der Waals surface area (Å²) in [6.45, 7) is 0. The van der Waals surface area contributed by atoms with Crippen molar-refractivity contribution in [3.8, 4) is 0 Å². The Kier molecular flexibility index (Phi) is 5.01. The molecule has 2 atom stereocenters. The van der Waals surface area contributed by atoms with Gasteiger partial charge in [0.05, 0.1) is 16.0 Å². The van der Waals surface area contributed by atoms with E-state index in [9.17, 15) is 17.9 Å². The summed E-state index contributed by atoms with van der Waals surface area (Å²) in [6.07, 6.45) is 3.23. The fraction of sp³-hybridized carbons (Fsp3) is 0.538. The Labute approximate surface area is 123 Å². The van der Waals surface area contributed by atoms with E-state index in [2.05, 4.69) is 4.72 Å². The SMILES string of the molecule is O=S(=O)(NC1CCCCCC1O)c1ccc(F)c(Cl)c1. The Hall–Kier alpha value is -0.690. The third-order valence-corrected chi connectivity index (χ3v) is 5.26. The van der Waals surface area contributed by atoms with Gasteiger partial charge in [0.15, 0.2) is 0 Å². The molecule has 1 aromatic carbocycles. The van der Waals surface area contributed by atoms with Crippen LogP contribution in [0.25, 0.3) is 0 Å². The zero-order chi connectivity index (χ0) is 14.8. The first-order valence-corrected chi connectivity index (χ1v) is 8.42. The largest absolute Gasteiger partial charge is 0.391 e. The van der Waals surface area contributed by atoms with Gasteiger partial charge in [0.1, 0.15) is 5.82 Å². The molecule has 2 N–H and O–H groups in total. The van der Waals surface area contributed by atoms with Gasteiger partial charge in [0, 0.05) is 6.04 Å². The van der Waals surface area contributed by atoms with Crippen molar-refractivity contribution in [1.29, 1.82) is 0 Å². The van der Waals surface area contributed by atoms with Gasteiger partial charge in [-0.15, -0.1) is 0 Å². The molecule has 0 amide bonds. The summed E-state index contributed by atoms with van der Waals surface area (Å²) in [6, 6.07) is 2.74. The van der Waals surface area contributed by atoms with Crippen molar-refractivity contribution in [3.63, 3.8) is 0 Å². The first kappa shape index (κ1) is 15.7. The second-order valence-corrected chi connectivity index (χ2v) is 7.13. The highest BCUT2D eigenvalue weighted by Gasteiger charge is 2.27. The second kappa shape index (κ2) is 6.39. The van der Waals surface area contributed by atoms with E-state index in [1.807, 2.05) is 0 Å². The van der Waals surface area contributed by atoms with Crippen molar-refractivity contribution in [3.05, 3.63) is 29.0 Å². The molecule has 4 nitrogen and oxygen atoms in total. The van der Waals surface area contributed by atoms with Gasteiger partial charge in [0.2, 0.25) is 10.0 Å². The molecule has 0 bridgehead atoms. The van der Waals surface area contributed by atoms with Crippen molar-refractivity contribution in [2.24, 2.45) is 0 Å². The van der Waals surface area contributed by atoms with Gasteiger partial charge in [-0.3, -0.25) is 0 Å². The minimum absolute atomic E-state index is 0.0969. The standard InChI is InChI=1S/C13H17ClFNO3S/c14-10-8-9(6-7-11(10)15)20(18,19)16-12-4-2-1-3-5-13(12)17/h6-8,12-13,16-17H,1-5H2. The molecular weight excluding hydrogens is 305 g/mol. The predicted octanol–water partition coefficient (Wildman–Crippen LogP) is 2.45. The topological polar surface area (TPSA) is 66.4 Å². The van der Waals surface area contributed by atoms with E-state index in [0.29, 0.717) is 12.8 Å². The van der Waals surface area contributed by atoms with Gasteiger partial charge in [-0.05, 0) is 31.0 Å². The average molecular weight is 322 g/mol. The zero-order valence-electron chi connectivity index (χ0n) is 10.9. The van der Waals surface area contributed by atoms with E-state index in [1.54, 1.807) is 0 Å². The number of hydrogen-bond acceptors (Lipinski definition) is 3. The van der Waals surface area contributed by atoms with E-state index in [0.717, 1.165) is 37.5 Å². The quantitative estimate of drug-likeness (QED) is 0.840. The summed E-state index contributed by atoms with van der Waals surface area (Å²) in [4.78, 5) is -0.0969. The Bertz CT molecular complexity index is 579. The number of benzene rings is 1. The summed E-state index contributed by atoms with van der Waals surface area (Å²) in [5.41, 5.74) is 0. The molecule has 1 aromatic rings. The van der Waals surface area contributed by atoms with Gasteiger partial charge >= 0.3 is 0 Å². The molecule has 1 aliphatic rings. The lowest BCUT2D eigenvalue weighted by molar-refractivity contribution is 0.130. The van der Waals surface area contributed by atoms with Crippen molar-refractivity contribution >= 4 is 21.6 Å². The van der Waals surface area contributed by atoms with Crippen LogP contribution in [0.3, 0.4) is 0 Å². The summed E-state index contributed by atoms with van der Waals surface area (Å²) in [7, 11) is -3.81. The van der Waals surface area contributed by atoms with Crippen molar-refractivity contribution in [2.45, 2.75) is 49.1 Å². The summed E-state index contributed by atoms with van der Waals surface area (Å²) in [5.74, 6) is -0.667. The Balaban J connectivity index is 2.19. The van der Waals surface area contributed by atoms with Crippen LogP contribution in [0.2, 0.25) is 5.02 Å². The number of hydrogen-bond donors (Lipinski definition) is 2. The Morgan fingerprint density at radius 1 is 1.25 bits per heavy atom. The van der Waals surface area contributed by atoms with Gasteiger partial charge in [0.25, 0.3) is 0 Å². The summed E-state index contributed by atoms with van der Waals surface area (Å²) in [5, 5.41) is 9.70. The van der Waals surface area contributed by atoms with Crippen molar-refractivity contribution in [2.75, 3.05) is 0 Å². The number of sulfonamides is 1. The molecule has 2 rings (SSSR count). The van der Waals surface area contributed by atoms with Gasteiger partial charge in [-0.2, -0.15) is 0 Å². The molecule has 1 saturated carbocycles. The fourth-order valence-corrected chi connectivity index (χ4v) is 3.91. The van der Waals surface area contributed by atoms with E-state index >= 15 is 0 Å². The van der Waals surface area contributed by atoms with Gasteiger partial charge < -0.3 is 5.11 Å². The van der Waals surface area contributed by atoms with Crippen LogP contribution in [0.5, 0.6) is 0 Å². The molecule has 0 spiro atoms. The number of nitrogens with one attached hydrogen (secondary N) is 1. The third-order valence-electron chi connectivity index (χ3n) is 3.49. The zero-order valence-corrected chi connectivity index (χ0v) is 12.4. The molecular formula is C13H17ClFNO3S. The van der Waals surface area contributed by atoms with Crippen molar-refractivity contribution in [1.82, 2.24) is 4.72 Å². The normalized spacial score (nSPS) is 24.4. The monoisotopic (exact) mass is 321 g/mol. The maximum atomic E-state index is 13.1. The lowest BCUT2D eigenvalue weighted by atomic mass is 10.1. The summed E-state index contributed by atoms with van der Waals surface area (Å²) < 4.78 is 40.0. The number of aliphatic hydroxyl groups is 1. The van der Waals surface area contributed by atoms with E-state index in [-0.39, 0.29) is 9.92 Å². The maximum Gasteiger partial charge on any atom is 0.240 e. The van der Waals surface area contributed by atoms with Gasteiger partial charge in [-0.1, -0.05) is 30.9 Å². The smallest absolute Gasteiger partial charge is 0.240 e. The van der Waals surface area contributed by atoms with Crippen LogP contribution in [0, 0.1) is 5.82 Å². The van der Waals surface area contributed by atoms with E-state index in [4.69, 9.17) is 11.6 Å². The Morgan fingerprint density at radius 3 is 2.65 bits per heavy atom. The van der Waals surface area contributed by atoms with Gasteiger partial charge in [-0.25, -0.2) is 17.5 Å². The third kappa shape index (κ3) is 3.69. The lowest BCUT2D eigenvalue weighted by Gasteiger charge is -2.21. The average Bonchev–Trinajstić information content (AvgIpc) is 2.58. The molecule has 0 heterocycles. The number of rotatable bonds is 3. The van der Waals surface area contributed by atoms with Crippen LogP contribution in [0.15, 0.2) is 23.1 Å². The summed E-state index contributed by atoms with van der Waals surface area (Å²) >= 11 is 5.60. The highest BCUT2D eigenvalue weighted by atomic mass is 35.5. The molecule has 1 fully saturated rings. The molecule has 0 radical (unpaired) electrons. The molecule has 0 aromatic heterocycles. The highest BCUT2D eigenvalue weighted by Crippen LogP contribution is 2.22. The van der Waals surface area contributed by atoms with Crippen LogP contribution in [-0.2, 0) is 10.0 Å². The Morgan fingerprint density at radius 2 is 1.95 bits per heavy atom. The first-order chi connectivity index (χ1) is 9.40. The molecule has 1 aliphatic carbocycles. The fourth-order valence-electron chi connectivity index (χ4n) is 2.34. The van der Waals surface area contributed by atoms with Crippen molar-refractivity contribution < 1.29 is 17.9 Å². The molecule has 112 valence electrons. The maximum absolute atomic E-state index is 13.1. The molecule has 0 aliphatic heterocycles. The number of halogens is 2. The van der Waals surface area contributed by atoms with Crippen LogP contribution >= 0.6 is 11.6 Å². The number of aliphatic hydroxyl groups excluding tert-OH is 1. The molecule has 20 heavy (non-hydrogen) atoms. The highest BCUT2D eigenvalue weighted by molar-refractivity contribution is 7.89. The molecule has 7 heteroatoms. The second-order valence-electron chi connectivity index (χ2n) is 5.01. The molecule has 2 unspecified atom stereocenters. The first-order valence-electron chi connectivity index (χ1n) is 6.55. The van der Waals surface area contributed by atoms with E-state index < -0.39 is 28.0 Å². The van der Waals surface area contributed by atoms with Crippen LogP contribution in [-0.4, -0.2) is 25.7 Å².